The zero-order chi connectivity index (χ0) is 17.3. The lowest BCUT2D eigenvalue weighted by Gasteiger charge is -2.06. The van der Waals surface area contributed by atoms with Crippen LogP contribution in [-0.4, -0.2) is 9.38 Å². The Morgan fingerprint density at radius 3 is 2.58 bits per heavy atom. The highest BCUT2D eigenvalue weighted by Crippen LogP contribution is 2.22. The maximum atomic E-state index is 12.2. The molecule has 0 saturated carbocycles. The number of fused-ring (bicyclic) bond motifs is 1. The summed E-state index contributed by atoms with van der Waals surface area (Å²) in [6, 6.07) is 13.3. The Labute approximate surface area is 153 Å². The normalized spacial score (nSPS) is 12.1. The van der Waals surface area contributed by atoms with E-state index in [-0.39, 0.29) is 5.56 Å². The summed E-state index contributed by atoms with van der Waals surface area (Å²) in [4.78, 5) is 16.7. The molecule has 0 fully saturated rings. The van der Waals surface area contributed by atoms with Crippen molar-refractivity contribution < 1.29 is 0 Å². The Morgan fingerprint density at radius 1 is 1.21 bits per heavy atom. The summed E-state index contributed by atoms with van der Waals surface area (Å²) in [7, 11) is 0. The van der Waals surface area contributed by atoms with Crippen LogP contribution in [0.2, 0.25) is 0 Å². The highest BCUT2D eigenvalue weighted by Gasteiger charge is 2.06. The third kappa shape index (κ3) is 3.60. The van der Waals surface area contributed by atoms with Gasteiger partial charge in [0.25, 0.3) is 5.56 Å². The fraction of sp³-hybridized carbons (Fsp3) is 0.158. The smallest absolute Gasteiger partial charge is 0.258 e. The number of pyridine rings is 1. The van der Waals surface area contributed by atoms with Gasteiger partial charge in [-0.15, -0.1) is 0 Å². The first-order valence-electron chi connectivity index (χ1n) is 7.60. The van der Waals surface area contributed by atoms with E-state index >= 15 is 0 Å². The minimum Gasteiger partial charge on any atom is -0.269 e. The van der Waals surface area contributed by atoms with E-state index in [9.17, 15) is 4.79 Å². The molecule has 0 spiro atoms. The standard InChI is InChI=1S/C19H16BrClN2O/c1-12(2)14-5-3-13(4-6-14)9-16(21)17-10-19(24)23-11-15(20)7-8-18(23)22-17/h3-12H,1-2H3/b16-9-. The number of aromatic nitrogens is 2. The molecule has 0 aliphatic rings. The largest absolute Gasteiger partial charge is 0.269 e. The average Bonchev–Trinajstić information content (AvgIpc) is 2.55. The van der Waals surface area contributed by atoms with Crippen molar-refractivity contribution >= 4 is 44.3 Å². The lowest BCUT2D eigenvalue weighted by atomic mass is 10.0. The van der Waals surface area contributed by atoms with Crippen LogP contribution in [0.1, 0.15) is 36.6 Å². The molecule has 3 nitrogen and oxygen atoms in total. The predicted molar refractivity (Wildman–Crippen MR) is 103 cm³/mol. The minimum absolute atomic E-state index is 0.169. The predicted octanol–water partition coefficient (Wildman–Crippen LogP) is 5.32. The third-order valence-electron chi connectivity index (χ3n) is 3.76. The molecule has 2 heterocycles. The van der Waals surface area contributed by atoms with E-state index in [0.29, 0.717) is 22.3 Å². The highest BCUT2D eigenvalue weighted by molar-refractivity contribution is 9.10. The molecule has 0 atom stereocenters. The van der Waals surface area contributed by atoms with Gasteiger partial charge in [0, 0.05) is 16.7 Å². The summed E-state index contributed by atoms with van der Waals surface area (Å²) in [5, 5.41) is 0.440. The lowest BCUT2D eigenvalue weighted by Crippen LogP contribution is -2.14. The van der Waals surface area contributed by atoms with Gasteiger partial charge in [-0.3, -0.25) is 9.20 Å². The SMILES string of the molecule is CC(C)c1ccc(/C=C(\Cl)c2cc(=O)n3cc(Br)ccc3n2)cc1. The number of benzene rings is 1. The molecule has 122 valence electrons. The van der Waals surface area contributed by atoms with Crippen molar-refractivity contribution in [2.45, 2.75) is 19.8 Å². The number of rotatable bonds is 3. The zero-order valence-corrected chi connectivity index (χ0v) is 15.7. The van der Waals surface area contributed by atoms with Gasteiger partial charge >= 0.3 is 0 Å². The second kappa shape index (κ2) is 6.91. The summed E-state index contributed by atoms with van der Waals surface area (Å²) < 4.78 is 2.30. The molecule has 0 aliphatic heterocycles. The average molecular weight is 404 g/mol. The van der Waals surface area contributed by atoms with Gasteiger partial charge in [-0.05, 0) is 51.2 Å². The Kier molecular flexibility index (Phi) is 4.88. The van der Waals surface area contributed by atoms with Crippen molar-refractivity contribution in [1.29, 1.82) is 0 Å². The first-order valence-corrected chi connectivity index (χ1v) is 8.77. The summed E-state index contributed by atoms with van der Waals surface area (Å²) in [6.45, 7) is 4.31. The Hall–Kier alpha value is -1.91. The molecule has 0 radical (unpaired) electrons. The molecule has 0 saturated heterocycles. The summed E-state index contributed by atoms with van der Waals surface area (Å²) in [5.74, 6) is 0.486. The van der Waals surface area contributed by atoms with Gasteiger partial charge in [-0.25, -0.2) is 4.98 Å². The van der Waals surface area contributed by atoms with Crippen LogP contribution in [-0.2, 0) is 0 Å². The minimum atomic E-state index is -0.169. The molecule has 24 heavy (non-hydrogen) atoms. The number of halogens is 2. The van der Waals surface area contributed by atoms with Gasteiger partial charge in [0.15, 0.2) is 0 Å². The van der Waals surface area contributed by atoms with Crippen LogP contribution in [0.25, 0.3) is 16.8 Å². The number of hydrogen-bond acceptors (Lipinski definition) is 2. The summed E-state index contributed by atoms with van der Waals surface area (Å²) >= 11 is 9.74. The van der Waals surface area contributed by atoms with Crippen LogP contribution in [0, 0.1) is 0 Å². The van der Waals surface area contributed by atoms with Gasteiger partial charge in [-0.1, -0.05) is 49.7 Å². The van der Waals surface area contributed by atoms with E-state index in [0.717, 1.165) is 10.0 Å². The van der Waals surface area contributed by atoms with Crippen LogP contribution >= 0.6 is 27.5 Å². The van der Waals surface area contributed by atoms with Crippen LogP contribution < -0.4 is 5.56 Å². The van der Waals surface area contributed by atoms with Crippen LogP contribution in [0.4, 0.5) is 0 Å². The Balaban J connectivity index is 2.00. The van der Waals surface area contributed by atoms with Crippen molar-refractivity contribution in [2.24, 2.45) is 0 Å². The van der Waals surface area contributed by atoms with Crippen molar-refractivity contribution in [1.82, 2.24) is 9.38 Å². The van der Waals surface area contributed by atoms with E-state index in [1.165, 1.54) is 16.0 Å². The molecule has 2 aromatic heterocycles. The van der Waals surface area contributed by atoms with Crippen molar-refractivity contribution in [3.63, 3.8) is 0 Å². The van der Waals surface area contributed by atoms with Crippen LogP contribution in [0.15, 0.2) is 57.9 Å². The number of nitrogens with zero attached hydrogens (tertiary/aromatic N) is 2. The fourth-order valence-corrected chi connectivity index (χ4v) is 2.96. The molecular weight excluding hydrogens is 388 g/mol. The maximum Gasteiger partial charge on any atom is 0.258 e. The van der Waals surface area contributed by atoms with Gasteiger partial charge in [0.2, 0.25) is 0 Å². The summed E-state index contributed by atoms with van der Waals surface area (Å²) in [5.41, 5.74) is 3.11. The molecule has 1 aromatic carbocycles. The Morgan fingerprint density at radius 2 is 1.92 bits per heavy atom. The maximum absolute atomic E-state index is 12.2. The van der Waals surface area contributed by atoms with Crippen molar-refractivity contribution in [3.05, 3.63) is 80.3 Å². The van der Waals surface area contributed by atoms with E-state index in [2.05, 4.69) is 46.9 Å². The number of hydrogen-bond donors (Lipinski definition) is 0. The molecule has 0 bridgehead atoms. The monoisotopic (exact) mass is 402 g/mol. The summed E-state index contributed by atoms with van der Waals surface area (Å²) in [6.07, 6.45) is 3.51. The zero-order valence-electron chi connectivity index (χ0n) is 13.3. The van der Waals surface area contributed by atoms with Crippen LogP contribution in [0.3, 0.4) is 0 Å². The first-order chi connectivity index (χ1) is 11.4. The molecule has 0 N–H and O–H groups in total. The molecular formula is C19H16BrClN2O. The van der Waals surface area contributed by atoms with E-state index < -0.39 is 0 Å². The molecule has 3 aromatic rings. The van der Waals surface area contributed by atoms with E-state index in [1.807, 2.05) is 24.3 Å². The highest BCUT2D eigenvalue weighted by atomic mass is 79.9. The first kappa shape index (κ1) is 16.9. The lowest BCUT2D eigenvalue weighted by molar-refractivity contribution is 0.866. The molecule has 0 unspecified atom stereocenters. The van der Waals surface area contributed by atoms with Gasteiger partial charge in [0.05, 0.1) is 10.7 Å². The molecule has 0 amide bonds. The van der Waals surface area contributed by atoms with E-state index in [4.69, 9.17) is 11.6 Å². The molecule has 0 aliphatic carbocycles. The topological polar surface area (TPSA) is 34.4 Å². The van der Waals surface area contributed by atoms with Gasteiger partial charge < -0.3 is 0 Å². The quantitative estimate of drug-likeness (QED) is 0.593. The van der Waals surface area contributed by atoms with Crippen LogP contribution in [0.5, 0.6) is 0 Å². The second-order valence-electron chi connectivity index (χ2n) is 5.87. The molecule has 3 rings (SSSR count). The third-order valence-corrected chi connectivity index (χ3v) is 4.54. The Bertz CT molecular complexity index is 975. The van der Waals surface area contributed by atoms with E-state index in [1.54, 1.807) is 12.3 Å². The second-order valence-corrected chi connectivity index (χ2v) is 7.19. The van der Waals surface area contributed by atoms with Gasteiger partial charge in [-0.2, -0.15) is 0 Å². The van der Waals surface area contributed by atoms with Crippen molar-refractivity contribution in [2.75, 3.05) is 0 Å². The fourth-order valence-electron chi connectivity index (χ4n) is 2.40. The molecule has 5 heteroatoms. The van der Waals surface area contributed by atoms with Gasteiger partial charge in [0.1, 0.15) is 5.65 Å². The van der Waals surface area contributed by atoms with Crippen molar-refractivity contribution in [3.8, 4) is 0 Å².